The van der Waals surface area contributed by atoms with E-state index < -0.39 is 5.97 Å². The molecular weight excluding hydrogens is 254 g/mol. The van der Waals surface area contributed by atoms with Gasteiger partial charge in [-0.05, 0) is 43.5 Å². The van der Waals surface area contributed by atoms with Crippen LogP contribution in [0.15, 0.2) is 18.2 Å². The molecule has 0 aliphatic heterocycles. The third-order valence-electron chi connectivity index (χ3n) is 2.96. The van der Waals surface area contributed by atoms with Gasteiger partial charge in [-0.15, -0.1) is 0 Å². The van der Waals surface area contributed by atoms with Crippen LogP contribution >= 0.6 is 11.6 Å². The molecule has 0 aromatic heterocycles. The molecule has 96 valence electrons. The van der Waals surface area contributed by atoms with Crippen LogP contribution < -0.4 is 0 Å². The highest BCUT2D eigenvalue weighted by Crippen LogP contribution is 2.28. The van der Waals surface area contributed by atoms with Crippen molar-refractivity contribution < 1.29 is 14.7 Å². The zero-order valence-electron chi connectivity index (χ0n) is 10.0. The summed E-state index contributed by atoms with van der Waals surface area (Å²) in [5, 5.41) is 9.44. The number of nitrogens with zero attached hydrogens (tertiary/aromatic N) is 1. The lowest BCUT2D eigenvalue weighted by atomic mass is 10.1. The van der Waals surface area contributed by atoms with Gasteiger partial charge in [-0.1, -0.05) is 11.6 Å². The van der Waals surface area contributed by atoms with Gasteiger partial charge in [-0.3, -0.25) is 9.59 Å². The van der Waals surface area contributed by atoms with Gasteiger partial charge in [-0.25, -0.2) is 0 Å². The monoisotopic (exact) mass is 267 g/mol. The first-order valence-electron chi connectivity index (χ1n) is 5.78. The van der Waals surface area contributed by atoms with Crippen LogP contribution in [0.1, 0.15) is 28.8 Å². The van der Waals surface area contributed by atoms with E-state index in [0.717, 1.165) is 18.4 Å². The highest BCUT2D eigenvalue weighted by molar-refractivity contribution is 6.31. The van der Waals surface area contributed by atoms with Crippen molar-refractivity contribution in [1.82, 2.24) is 4.90 Å². The number of aryl methyl sites for hydroxylation is 1. The van der Waals surface area contributed by atoms with Gasteiger partial charge in [0.15, 0.2) is 0 Å². The topological polar surface area (TPSA) is 57.6 Å². The molecule has 0 radical (unpaired) electrons. The summed E-state index contributed by atoms with van der Waals surface area (Å²) in [5.41, 5.74) is 1.30. The summed E-state index contributed by atoms with van der Waals surface area (Å²) in [4.78, 5) is 24.5. The maximum atomic E-state index is 12.2. The number of carboxylic acid groups (broad SMARTS) is 1. The molecule has 1 aliphatic rings. The average Bonchev–Trinajstić information content (AvgIpc) is 3.12. The number of halogens is 1. The number of carboxylic acids is 1. The second-order valence-electron chi connectivity index (χ2n) is 4.52. The van der Waals surface area contributed by atoms with Crippen LogP contribution in [0, 0.1) is 6.92 Å². The molecule has 0 heterocycles. The molecule has 2 rings (SSSR count). The first kappa shape index (κ1) is 12.9. The minimum atomic E-state index is -0.985. The SMILES string of the molecule is Cc1cc(C(=O)N(CC(=O)O)C2CC2)ccc1Cl. The molecule has 5 heteroatoms. The summed E-state index contributed by atoms with van der Waals surface area (Å²) in [5.74, 6) is -1.22. The fourth-order valence-corrected chi connectivity index (χ4v) is 1.96. The number of benzene rings is 1. The van der Waals surface area contributed by atoms with E-state index in [2.05, 4.69) is 0 Å². The lowest BCUT2D eigenvalue weighted by Gasteiger charge is -2.20. The number of hydrogen-bond acceptors (Lipinski definition) is 2. The van der Waals surface area contributed by atoms with Crippen LogP contribution in [0.5, 0.6) is 0 Å². The smallest absolute Gasteiger partial charge is 0.323 e. The predicted octanol–water partition coefficient (Wildman–Crippen LogP) is 2.34. The number of rotatable bonds is 4. The van der Waals surface area contributed by atoms with Gasteiger partial charge in [0.25, 0.3) is 5.91 Å². The Kier molecular flexibility index (Phi) is 3.57. The molecule has 0 spiro atoms. The second kappa shape index (κ2) is 4.98. The summed E-state index contributed by atoms with van der Waals surface area (Å²) in [6.45, 7) is 1.57. The fourth-order valence-electron chi connectivity index (χ4n) is 1.84. The van der Waals surface area contributed by atoms with Crippen molar-refractivity contribution in [3.05, 3.63) is 34.3 Å². The third kappa shape index (κ3) is 2.82. The summed E-state index contributed by atoms with van der Waals surface area (Å²) in [7, 11) is 0. The van der Waals surface area contributed by atoms with E-state index in [0.29, 0.717) is 10.6 Å². The number of hydrogen-bond donors (Lipinski definition) is 1. The zero-order chi connectivity index (χ0) is 13.3. The Hall–Kier alpha value is -1.55. The van der Waals surface area contributed by atoms with Crippen molar-refractivity contribution in [3.8, 4) is 0 Å². The molecule has 1 fully saturated rings. The van der Waals surface area contributed by atoms with Gasteiger partial charge in [0.1, 0.15) is 6.54 Å². The van der Waals surface area contributed by atoms with E-state index in [9.17, 15) is 9.59 Å². The van der Waals surface area contributed by atoms with Gasteiger partial charge >= 0.3 is 5.97 Å². The standard InChI is InChI=1S/C13H14ClNO3/c1-8-6-9(2-5-11(8)14)13(18)15(7-12(16)17)10-3-4-10/h2,5-6,10H,3-4,7H2,1H3,(H,16,17). The maximum absolute atomic E-state index is 12.2. The predicted molar refractivity (Wildman–Crippen MR) is 67.9 cm³/mol. The molecule has 0 saturated heterocycles. The van der Waals surface area contributed by atoms with E-state index in [1.165, 1.54) is 4.90 Å². The van der Waals surface area contributed by atoms with E-state index >= 15 is 0 Å². The third-order valence-corrected chi connectivity index (χ3v) is 3.38. The summed E-state index contributed by atoms with van der Waals surface area (Å²) >= 11 is 5.91. The summed E-state index contributed by atoms with van der Waals surface area (Å²) in [6.07, 6.45) is 1.76. The van der Waals surface area contributed by atoms with Gasteiger partial charge in [-0.2, -0.15) is 0 Å². The summed E-state index contributed by atoms with van der Waals surface area (Å²) in [6, 6.07) is 5.07. The van der Waals surface area contributed by atoms with Crippen molar-refractivity contribution in [1.29, 1.82) is 0 Å². The first-order valence-corrected chi connectivity index (χ1v) is 6.15. The molecule has 18 heavy (non-hydrogen) atoms. The van der Waals surface area contributed by atoms with Crippen molar-refractivity contribution in [2.45, 2.75) is 25.8 Å². The van der Waals surface area contributed by atoms with Crippen molar-refractivity contribution in [2.75, 3.05) is 6.54 Å². The Bertz CT molecular complexity index is 497. The Morgan fingerprint density at radius 1 is 1.44 bits per heavy atom. The molecule has 1 saturated carbocycles. The van der Waals surface area contributed by atoms with E-state index in [1.807, 2.05) is 6.92 Å². The van der Waals surface area contributed by atoms with Gasteiger partial charge in [0, 0.05) is 16.6 Å². The molecule has 1 aromatic carbocycles. The van der Waals surface area contributed by atoms with Gasteiger partial charge in [0.05, 0.1) is 0 Å². The molecule has 4 nitrogen and oxygen atoms in total. The minimum absolute atomic E-state index is 0.0737. The Morgan fingerprint density at radius 3 is 2.61 bits per heavy atom. The molecule has 1 aromatic rings. The fraction of sp³-hybridized carbons (Fsp3) is 0.385. The van der Waals surface area contributed by atoms with Crippen LogP contribution in [-0.2, 0) is 4.79 Å². The van der Waals surface area contributed by atoms with Crippen LogP contribution in [0.4, 0.5) is 0 Å². The molecule has 1 aliphatic carbocycles. The maximum Gasteiger partial charge on any atom is 0.323 e. The Labute approximate surface area is 110 Å². The quantitative estimate of drug-likeness (QED) is 0.911. The highest BCUT2D eigenvalue weighted by atomic mass is 35.5. The number of carbonyl (C=O) groups is 2. The lowest BCUT2D eigenvalue weighted by Crippen LogP contribution is -2.37. The highest BCUT2D eigenvalue weighted by Gasteiger charge is 2.34. The molecule has 1 amide bonds. The molecule has 0 unspecified atom stereocenters. The van der Waals surface area contributed by atoms with E-state index in [4.69, 9.17) is 16.7 Å². The number of carbonyl (C=O) groups excluding carboxylic acids is 1. The van der Waals surface area contributed by atoms with Crippen LogP contribution in [0.3, 0.4) is 0 Å². The van der Waals surface area contributed by atoms with Gasteiger partial charge in [0.2, 0.25) is 0 Å². The molecule has 0 atom stereocenters. The van der Waals surface area contributed by atoms with Crippen LogP contribution in [-0.4, -0.2) is 34.5 Å². The molecule has 0 bridgehead atoms. The van der Waals surface area contributed by atoms with Crippen molar-refractivity contribution in [3.63, 3.8) is 0 Å². The zero-order valence-corrected chi connectivity index (χ0v) is 10.8. The number of aliphatic carboxylic acids is 1. The summed E-state index contributed by atoms with van der Waals surface area (Å²) < 4.78 is 0. The van der Waals surface area contributed by atoms with Crippen LogP contribution in [0.25, 0.3) is 0 Å². The van der Waals surface area contributed by atoms with Crippen LogP contribution in [0.2, 0.25) is 5.02 Å². The van der Waals surface area contributed by atoms with E-state index in [-0.39, 0.29) is 18.5 Å². The second-order valence-corrected chi connectivity index (χ2v) is 4.93. The molecular formula is C13H14ClNO3. The minimum Gasteiger partial charge on any atom is -0.480 e. The Balaban J connectivity index is 2.21. The Morgan fingerprint density at radius 2 is 2.11 bits per heavy atom. The van der Waals surface area contributed by atoms with Gasteiger partial charge < -0.3 is 10.0 Å². The van der Waals surface area contributed by atoms with Crippen molar-refractivity contribution >= 4 is 23.5 Å². The van der Waals surface area contributed by atoms with Crippen molar-refractivity contribution in [2.24, 2.45) is 0 Å². The number of amides is 1. The largest absolute Gasteiger partial charge is 0.480 e. The normalized spacial score (nSPS) is 14.3. The first-order chi connectivity index (χ1) is 8.49. The van der Waals surface area contributed by atoms with E-state index in [1.54, 1.807) is 18.2 Å². The average molecular weight is 268 g/mol. The lowest BCUT2D eigenvalue weighted by molar-refractivity contribution is -0.137. The molecule has 1 N–H and O–H groups in total.